The Kier molecular flexibility index (Phi) is 9.00. The van der Waals surface area contributed by atoms with Crippen molar-refractivity contribution in [1.82, 2.24) is 4.57 Å². The number of carbonyl (C=O) groups excluding carboxylic acids is 1. The maximum atomic E-state index is 13.7. The largest absolute Gasteiger partial charge is 0.494 e. The number of nitrogens with zero attached hydrogens (tertiary/aromatic N) is 3. The van der Waals surface area contributed by atoms with Crippen molar-refractivity contribution in [2.24, 2.45) is 4.99 Å². The second-order valence-electron chi connectivity index (χ2n) is 8.36. The van der Waals surface area contributed by atoms with Gasteiger partial charge in [-0.3, -0.25) is 19.5 Å². The molecule has 1 aromatic heterocycles. The minimum Gasteiger partial charge on any atom is -0.494 e. The molecule has 0 fully saturated rings. The summed E-state index contributed by atoms with van der Waals surface area (Å²) in [6.45, 7) is 5.86. The Hall–Kier alpha value is -3.74. The number of thiazole rings is 1. The number of aliphatic hydroxyl groups is 1. The van der Waals surface area contributed by atoms with Crippen LogP contribution in [0.3, 0.4) is 0 Å². The highest BCUT2D eigenvalue weighted by Crippen LogP contribution is 2.32. The Bertz CT molecular complexity index is 1610. The fraction of sp³-hybridized carbons (Fsp3) is 0.296. The van der Waals surface area contributed by atoms with Gasteiger partial charge in [0.1, 0.15) is 5.75 Å². The van der Waals surface area contributed by atoms with Crippen molar-refractivity contribution in [3.63, 3.8) is 0 Å². The van der Waals surface area contributed by atoms with E-state index in [0.29, 0.717) is 49.2 Å². The molecule has 1 aliphatic heterocycles. The number of aliphatic hydroxyl groups excluding tert-OH is 1. The average molecular weight is 570 g/mol. The number of hydrogen-bond acceptors (Lipinski definition) is 10. The molecule has 0 saturated carbocycles. The van der Waals surface area contributed by atoms with E-state index in [1.54, 1.807) is 56.3 Å². The number of benzene rings is 2. The van der Waals surface area contributed by atoms with Crippen molar-refractivity contribution < 1.29 is 24.3 Å². The van der Waals surface area contributed by atoms with Gasteiger partial charge in [0.15, 0.2) is 4.80 Å². The predicted octanol–water partition coefficient (Wildman–Crippen LogP) is 3.19. The van der Waals surface area contributed by atoms with Gasteiger partial charge < -0.3 is 14.6 Å². The average Bonchev–Trinajstić information content (AvgIpc) is 3.21. The Balaban J connectivity index is 1.87. The van der Waals surface area contributed by atoms with E-state index in [-0.39, 0.29) is 30.0 Å². The number of carbonyl (C=O) groups is 1. The minimum atomic E-state index is -0.773. The first-order valence-electron chi connectivity index (χ1n) is 12.2. The summed E-state index contributed by atoms with van der Waals surface area (Å²) in [7, 11) is 0. The molecule has 0 spiro atoms. The Labute approximate surface area is 232 Å². The molecule has 1 atom stereocenters. The van der Waals surface area contributed by atoms with Crippen molar-refractivity contribution in [2.45, 2.75) is 31.7 Å². The molecule has 10 nitrogen and oxygen atoms in total. The van der Waals surface area contributed by atoms with Crippen LogP contribution in [0.15, 0.2) is 68.4 Å². The second-order valence-corrected chi connectivity index (χ2v) is 10.5. The van der Waals surface area contributed by atoms with Crippen molar-refractivity contribution in [3.8, 4) is 5.75 Å². The third kappa shape index (κ3) is 5.97. The summed E-state index contributed by atoms with van der Waals surface area (Å²) in [6, 6.07) is 11.1. The molecule has 4 rings (SSSR count). The highest BCUT2D eigenvalue weighted by atomic mass is 32.2. The highest BCUT2D eigenvalue weighted by molar-refractivity contribution is 7.99. The molecule has 0 radical (unpaired) electrons. The van der Waals surface area contributed by atoms with E-state index in [4.69, 9.17) is 14.6 Å². The van der Waals surface area contributed by atoms with Crippen molar-refractivity contribution in [2.75, 3.05) is 25.6 Å². The van der Waals surface area contributed by atoms with Gasteiger partial charge in [0.2, 0.25) is 0 Å². The van der Waals surface area contributed by atoms with Gasteiger partial charge in [-0.2, -0.15) is 0 Å². The minimum absolute atomic E-state index is 0.104. The summed E-state index contributed by atoms with van der Waals surface area (Å²) in [5.74, 6) is 0.430. The van der Waals surface area contributed by atoms with Crippen LogP contribution in [0.25, 0.3) is 6.08 Å². The first-order valence-corrected chi connectivity index (χ1v) is 14.0. The van der Waals surface area contributed by atoms with E-state index in [9.17, 15) is 19.7 Å². The molecule has 0 aliphatic carbocycles. The van der Waals surface area contributed by atoms with Gasteiger partial charge in [-0.05, 0) is 56.2 Å². The molecule has 2 heterocycles. The first kappa shape index (κ1) is 28.3. The number of rotatable bonds is 10. The fourth-order valence-corrected chi connectivity index (χ4v) is 6.02. The molecule has 0 unspecified atom stereocenters. The molecule has 3 aromatic rings. The quantitative estimate of drug-likeness (QED) is 0.170. The van der Waals surface area contributed by atoms with Crippen LogP contribution in [0, 0.1) is 10.1 Å². The molecule has 0 bridgehead atoms. The molecule has 12 heteroatoms. The number of allylic oxidation sites excluding steroid dienone is 1. The predicted molar refractivity (Wildman–Crippen MR) is 149 cm³/mol. The number of esters is 1. The van der Waals surface area contributed by atoms with E-state index in [0.717, 1.165) is 11.3 Å². The fourth-order valence-electron chi connectivity index (χ4n) is 4.22. The summed E-state index contributed by atoms with van der Waals surface area (Å²) in [4.78, 5) is 43.3. The van der Waals surface area contributed by atoms with Gasteiger partial charge in [0.25, 0.3) is 11.2 Å². The standard InChI is InChI=1S/C27H27N3O7S2/c1-4-36-19-9-7-18(8-10-19)24-23(26(33)37-5-2)16(3)28-27-29(24)25(32)22(39-27)15-17-6-11-21(38-13-12-31)20(14-17)30(34)35/h6-11,14-15,24,31H,4-5,12-13H2,1-3H3/b22-15+/t24-/m0/s1. The molecule has 1 N–H and O–H groups in total. The number of aromatic nitrogens is 1. The van der Waals surface area contributed by atoms with Gasteiger partial charge in [0, 0.05) is 11.8 Å². The van der Waals surface area contributed by atoms with Gasteiger partial charge in [-0.15, -0.1) is 11.8 Å². The molecular formula is C27H27N3O7S2. The SMILES string of the molecule is CCOC(=O)C1=C(C)N=c2s/c(=C/c3ccc(SCCO)c([N+](=O)[O-])c3)c(=O)n2[C@H]1c1ccc(OCC)cc1. The summed E-state index contributed by atoms with van der Waals surface area (Å²) in [6.07, 6.45) is 1.58. The van der Waals surface area contributed by atoms with Gasteiger partial charge in [0.05, 0.1) is 51.5 Å². The van der Waals surface area contributed by atoms with Crippen molar-refractivity contribution in [1.29, 1.82) is 0 Å². The highest BCUT2D eigenvalue weighted by Gasteiger charge is 2.33. The van der Waals surface area contributed by atoms with Crippen LogP contribution in [0.4, 0.5) is 5.69 Å². The summed E-state index contributed by atoms with van der Waals surface area (Å²) in [5.41, 5.74) is 1.38. The van der Waals surface area contributed by atoms with Crippen LogP contribution in [0.2, 0.25) is 0 Å². The lowest BCUT2D eigenvalue weighted by Crippen LogP contribution is -2.39. The van der Waals surface area contributed by atoms with E-state index in [2.05, 4.69) is 4.99 Å². The van der Waals surface area contributed by atoms with Crippen LogP contribution in [-0.4, -0.2) is 46.1 Å². The number of thioether (sulfide) groups is 1. The lowest BCUT2D eigenvalue weighted by Gasteiger charge is -2.24. The van der Waals surface area contributed by atoms with Crippen molar-refractivity contribution >= 4 is 40.8 Å². The maximum absolute atomic E-state index is 13.7. The zero-order valence-corrected chi connectivity index (χ0v) is 23.2. The number of hydrogen-bond donors (Lipinski definition) is 1. The van der Waals surface area contributed by atoms with Gasteiger partial charge in [-0.25, -0.2) is 9.79 Å². The Morgan fingerprint density at radius 3 is 2.62 bits per heavy atom. The second kappa shape index (κ2) is 12.4. The molecule has 39 heavy (non-hydrogen) atoms. The van der Waals surface area contributed by atoms with Crippen LogP contribution in [-0.2, 0) is 9.53 Å². The third-order valence-corrected chi connectivity index (χ3v) is 7.88. The van der Waals surface area contributed by atoms with E-state index < -0.39 is 16.9 Å². The molecule has 1 aliphatic rings. The lowest BCUT2D eigenvalue weighted by molar-refractivity contribution is -0.387. The van der Waals surface area contributed by atoms with E-state index >= 15 is 0 Å². The molecule has 2 aromatic carbocycles. The lowest BCUT2D eigenvalue weighted by atomic mass is 9.96. The number of ether oxygens (including phenoxy) is 2. The van der Waals surface area contributed by atoms with Crippen LogP contribution in [0.1, 0.15) is 37.9 Å². The molecule has 0 saturated heterocycles. The number of nitro benzene ring substituents is 1. The zero-order valence-electron chi connectivity index (χ0n) is 21.6. The van der Waals surface area contributed by atoms with Crippen molar-refractivity contribution in [3.05, 3.63) is 94.7 Å². The summed E-state index contributed by atoms with van der Waals surface area (Å²) in [5, 5.41) is 20.7. The summed E-state index contributed by atoms with van der Waals surface area (Å²) >= 11 is 2.32. The van der Waals surface area contributed by atoms with Crippen LogP contribution >= 0.6 is 23.1 Å². The van der Waals surface area contributed by atoms with E-state index in [1.165, 1.54) is 22.4 Å². The Morgan fingerprint density at radius 1 is 1.23 bits per heavy atom. The Morgan fingerprint density at radius 2 is 1.97 bits per heavy atom. The van der Waals surface area contributed by atoms with Gasteiger partial charge >= 0.3 is 5.97 Å². The van der Waals surface area contributed by atoms with Crippen LogP contribution in [0.5, 0.6) is 5.75 Å². The van der Waals surface area contributed by atoms with E-state index in [1.807, 2.05) is 6.92 Å². The summed E-state index contributed by atoms with van der Waals surface area (Å²) < 4.78 is 12.6. The molecule has 204 valence electrons. The maximum Gasteiger partial charge on any atom is 0.338 e. The topological polar surface area (TPSA) is 133 Å². The third-order valence-electron chi connectivity index (χ3n) is 5.85. The number of nitro groups is 1. The normalized spacial score (nSPS) is 15.1. The van der Waals surface area contributed by atoms with Gasteiger partial charge in [-0.1, -0.05) is 29.5 Å². The smallest absolute Gasteiger partial charge is 0.338 e. The zero-order chi connectivity index (χ0) is 28.1. The monoisotopic (exact) mass is 569 g/mol. The first-order chi connectivity index (χ1) is 18.8. The molecular weight excluding hydrogens is 542 g/mol. The molecule has 0 amide bonds. The van der Waals surface area contributed by atoms with Crippen LogP contribution < -0.4 is 19.6 Å². The number of fused-ring (bicyclic) bond motifs is 1.